The van der Waals surface area contributed by atoms with Gasteiger partial charge in [0.05, 0.1) is 11.8 Å². The molecule has 1 aromatic heterocycles. The van der Waals surface area contributed by atoms with Crippen molar-refractivity contribution in [1.29, 1.82) is 0 Å². The molecule has 2 atom stereocenters. The standard InChI is InChI=1S/C51H37N3S/c1-34-49(40-28-27-35-15-11-12-18-37(35)31-40)52-51(36-16-5-2-6-17-36)53-50(34)45-25-14-26-46-48(45)44-30-29-39(33-47(44)55-46)38-19-13-24-43(32-38)54(41-20-7-3-8-21-41)42-22-9-4-10-23-42/h2-34,49H,1H3/t34?,49-/m0/s1. The van der Waals surface area contributed by atoms with Gasteiger partial charge in [-0.1, -0.05) is 146 Å². The SMILES string of the molecule is CC1C(c2cccc3sc4cc(-c5cccc(N(c6ccccc6)c6ccccc6)c5)ccc4c23)=NC(c2ccccc2)=N[C@@H]1c1ccc2ccccc2c1. The summed E-state index contributed by atoms with van der Waals surface area (Å²) in [5, 5.41) is 4.99. The summed E-state index contributed by atoms with van der Waals surface area (Å²) >= 11 is 1.85. The number of benzene rings is 8. The maximum absolute atomic E-state index is 5.39. The van der Waals surface area contributed by atoms with Crippen LogP contribution in [0.4, 0.5) is 17.1 Å². The molecule has 55 heavy (non-hydrogen) atoms. The Morgan fingerprint density at radius 1 is 0.491 bits per heavy atom. The normalized spacial score (nSPS) is 15.6. The zero-order valence-corrected chi connectivity index (χ0v) is 31.2. The molecule has 0 bridgehead atoms. The van der Waals surface area contributed by atoms with Crippen LogP contribution in [0.15, 0.2) is 204 Å². The first-order valence-electron chi connectivity index (χ1n) is 18.8. The lowest BCUT2D eigenvalue weighted by Gasteiger charge is -2.28. The summed E-state index contributed by atoms with van der Waals surface area (Å²) in [6.45, 7) is 2.29. The molecule has 4 heteroatoms. The van der Waals surface area contributed by atoms with Crippen LogP contribution in [-0.4, -0.2) is 11.5 Å². The van der Waals surface area contributed by atoms with Crippen LogP contribution in [0.25, 0.3) is 42.1 Å². The van der Waals surface area contributed by atoms with Crippen LogP contribution in [0, 0.1) is 5.92 Å². The van der Waals surface area contributed by atoms with Crippen LogP contribution < -0.4 is 4.90 Å². The Kier molecular flexibility index (Phi) is 8.39. The van der Waals surface area contributed by atoms with Gasteiger partial charge in [-0.15, -0.1) is 11.3 Å². The number of aliphatic imine (C=N–C) groups is 2. The van der Waals surface area contributed by atoms with E-state index in [9.17, 15) is 0 Å². The summed E-state index contributed by atoms with van der Waals surface area (Å²) in [5.41, 5.74) is 10.3. The number of hydrogen-bond donors (Lipinski definition) is 0. The van der Waals surface area contributed by atoms with E-state index in [4.69, 9.17) is 9.98 Å². The maximum Gasteiger partial charge on any atom is 0.155 e. The molecule has 0 amide bonds. The molecule has 10 rings (SSSR count). The minimum Gasteiger partial charge on any atom is -0.310 e. The fraction of sp³-hybridized carbons (Fsp3) is 0.0588. The van der Waals surface area contributed by atoms with Gasteiger partial charge in [0, 0.05) is 54.3 Å². The Labute approximate surface area is 325 Å². The number of anilines is 3. The molecule has 0 aliphatic carbocycles. The molecule has 9 aromatic rings. The molecule has 1 aliphatic heterocycles. The predicted molar refractivity (Wildman–Crippen MR) is 235 cm³/mol. The van der Waals surface area contributed by atoms with Crippen LogP contribution in [0.3, 0.4) is 0 Å². The Balaban J connectivity index is 1.07. The van der Waals surface area contributed by atoms with Crippen molar-refractivity contribution in [3.8, 4) is 11.1 Å². The van der Waals surface area contributed by atoms with Crippen LogP contribution in [0.5, 0.6) is 0 Å². The van der Waals surface area contributed by atoms with Crippen molar-refractivity contribution < 1.29 is 0 Å². The van der Waals surface area contributed by atoms with Gasteiger partial charge in [-0.3, -0.25) is 4.99 Å². The molecule has 0 saturated carbocycles. The molecule has 1 unspecified atom stereocenters. The number of rotatable bonds is 7. The van der Waals surface area contributed by atoms with E-state index in [0.717, 1.165) is 34.2 Å². The Bertz CT molecular complexity index is 2850. The maximum atomic E-state index is 5.39. The van der Waals surface area contributed by atoms with Crippen LogP contribution >= 0.6 is 11.3 Å². The van der Waals surface area contributed by atoms with Crippen molar-refractivity contribution in [3.63, 3.8) is 0 Å². The summed E-state index contributed by atoms with van der Waals surface area (Å²) in [6.07, 6.45) is 0. The number of hydrogen-bond acceptors (Lipinski definition) is 4. The topological polar surface area (TPSA) is 28.0 Å². The molecule has 8 aromatic carbocycles. The van der Waals surface area contributed by atoms with Gasteiger partial charge in [0.2, 0.25) is 0 Å². The number of fused-ring (bicyclic) bond motifs is 4. The highest BCUT2D eigenvalue weighted by Gasteiger charge is 2.31. The highest BCUT2D eigenvalue weighted by Crippen LogP contribution is 2.43. The third-order valence-corrected chi connectivity index (χ3v) is 11.9. The largest absolute Gasteiger partial charge is 0.310 e. The Morgan fingerprint density at radius 2 is 1.13 bits per heavy atom. The minimum atomic E-state index is -0.0716. The first-order valence-corrected chi connectivity index (χ1v) is 19.7. The fourth-order valence-electron chi connectivity index (χ4n) is 8.07. The Morgan fingerprint density at radius 3 is 1.89 bits per heavy atom. The van der Waals surface area contributed by atoms with Crippen molar-refractivity contribution in [1.82, 2.24) is 0 Å². The van der Waals surface area contributed by atoms with E-state index in [1.165, 1.54) is 53.2 Å². The molecule has 0 radical (unpaired) electrons. The van der Waals surface area contributed by atoms with Gasteiger partial charge in [0.25, 0.3) is 0 Å². The van der Waals surface area contributed by atoms with Gasteiger partial charge in [0.1, 0.15) is 0 Å². The van der Waals surface area contributed by atoms with Gasteiger partial charge in [-0.05, 0) is 82.1 Å². The minimum absolute atomic E-state index is 0.0633. The summed E-state index contributed by atoms with van der Waals surface area (Å²) in [5.74, 6) is 0.846. The van der Waals surface area contributed by atoms with E-state index >= 15 is 0 Å². The molecule has 262 valence electrons. The number of thiophene rings is 1. The molecule has 1 aliphatic rings. The van der Waals surface area contributed by atoms with E-state index < -0.39 is 0 Å². The van der Waals surface area contributed by atoms with Gasteiger partial charge in [0.15, 0.2) is 5.84 Å². The average Bonchev–Trinajstić information content (AvgIpc) is 3.63. The summed E-state index contributed by atoms with van der Waals surface area (Å²) in [7, 11) is 0. The van der Waals surface area contributed by atoms with E-state index in [1.54, 1.807) is 0 Å². The predicted octanol–water partition coefficient (Wildman–Crippen LogP) is 14.0. The quantitative estimate of drug-likeness (QED) is 0.161. The van der Waals surface area contributed by atoms with E-state index in [2.05, 4.69) is 200 Å². The average molecular weight is 724 g/mol. The lowest BCUT2D eigenvalue weighted by Crippen LogP contribution is -2.26. The van der Waals surface area contributed by atoms with Crippen LogP contribution in [-0.2, 0) is 0 Å². The molecule has 0 spiro atoms. The molecular weight excluding hydrogens is 687 g/mol. The molecule has 0 fully saturated rings. The number of nitrogens with zero attached hydrogens (tertiary/aromatic N) is 3. The van der Waals surface area contributed by atoms with Crippen LogP contribution in [0.2, 0.25) is 0 Å². The van der Waals surface area contributed by atoms with Gasteiger partial charge >= 0.3 is 0 Å². The first-order chi connectivity index (χ1) is 27.2. The highest BCUT2D eigenvalue weighted by atomic mass is 32.1. The fourth-order valence-corrected chi connectivity index (χ4v) is 9.24. The second-order valence-corrected chi connectivity index (χ2v) is 15.3. The third-order valence-electron chi connectivity index (χ3n) is 10.8. The van der Waals surface area contributed by atoms with Gasteiger partial charge in [-0.25, -0.2) is 4.99 Å². The summed E-state index contributed by atoms with van der Waals surface area (Å²) < 4.78 is 2.53. The zero-order chi connectivity index (χ0) is 36.7. The smallest absolute Gasteiger partial charge is 0.155 e. The third kappa shape index (κ3) is 6.11. The second-order valence-electron chi connectivity index (χ2n) is 14.2. The van der Waals surface area contributed by atoms with Crippen molar-refractivity contribution in [2.75, 3.05) is 4.90 Å². The van der Waals surface area contributed by atoms with Crippen molar-refractivity contribution >= 4 is 70.9 Å². The number of para-hydroxylation sites is 2. The van der Waals surface area contributed by atoms with Gasteiger partial charge in [-0.2, -0.15) is 0 Å². The lowest BCUT2D eigenvalue weighted by atomic mass is 9.84. The Hall–Kier alpha value is -6.62. The molecule has 3 nitrogen and oxygen atoms in total. The van der Waals surface area contributed by atoms with Gasteiger partial charge < -0.3 is 4.90 Å². The summed E-state index contributed by atoms with van der Waals surface area (Å²) in [6, 6.07) is 69.4. The molecular formula is C51H37N3S. The van der Waals surface area contributed by atoms with Crippen molar-refractivity contribution in [3.05, 3.63) is 211 Å². The molecule has 0 N–H and O–H groups in total. The highest BCUT2D eigenvalue weighted by molar-refractivity contribution is 7.26. The first kappa shape index (κ1) is 33.0. The summed E-state index contributed by atoms with van der Waals surface area (Å²) in [4.78, 5) is 13.1. The molecule has 0 saturated heterocycles. The van der Waals surface area contributed by atoms with E-state index in [1.807, 2.05) is 17.4 Å². The monoisotopic (exact) mass is 723 g/mol. The number of amidine groups is 1. The van der Waals surface area contributed by atoms with E-state index in [0.29, 0.717) is 0 Å². The second kappa shape index (κ2) is 14.0. The van der Waals surface area contributed by atoms with Crippen molar-refractivity contribution in [2.24, 2.45) is 15.9 Å². The van der Waals surface area contributed by atoms with Crippen LogP contribution in [0.1, 0.15) is 29.7 Å². The molecule has 2 heterocycles. The lowest BCUT2D eigenvalue weighted by molar-refractivity contribution is 0.593. The van der Waals surface area contributed by atoms with E-state index in [-0.39, 0.29) is 12.0 Å². The van der Waals surface area contributed by atoms with Crippen molar-refractivity contribution in [2.45, 2.75) is 13.0 Å². The zero-order valence-electron chi connectivity index (χ0n) is 30.4.